The topological polar surface area (TPSA) is 98.5 Å². The number of hydrogen-bond acceptors (Lipinski definition) is 5. The summed E-state index contributed by atoms with van der Waals surface area (Å²) in [5.41, 5.74) is 2.22. The molecule has 0 saturated carbocycles. The molecule has 1 amide bonds. The molecule has 0 aliphatic carbocycles. The van der Waals surface area contributed by atoms with Gasteiger partial charge in [0.2, 0.25) is 0 Å². The van der Waals surface area contributed by atoms with Crippen LogP contribution in [0.25, 0.3) is 6.08 Å². The zero-order chi connectivity index (χ0) is 18.9. The van der Waals surface area contributed by atoms with E-state index in [2.05, 4.69) is 5.32 Å². The van der Waals surface area contributed by atoms with Crippen LogP contribution in [0.15, 0.2) is 54.6 Å². The number of para-hydroxylation sites is 1. The molecule has 0 aromatic heterocycles. The molecule has 0 fully saturated rings. The molecular formula is C19H18N2O5. The predicted octanol–water partition coefficient (Wildman–Crippen LogP) is 2.78. The first-order valence-electron chi connectivity index (χ1n) is 7.86. The lowest BCUT2D eigenvalue weighted by atomic mass is 10.1. The molecule has 0 bridgehead atoms. The molecule has 0 radical (unpaired) electrons. The van der Waals surface area contributed by atoms with E-state index in [0.29, 0.717) is 6.54 Å². The Hall–Kier alpha value is -3.48. The molecule has 0 heterocycles. The van der Waals surface area contributed by atoms with Gasteiger partial charge in [-0.05, 0) is 24.6 Å². The van der Waals surface area contributed by atoms with Crippen molar-refractivity contribution in [2.45, 2.75) is 13.5 Å². The Labute approximate surface area is 150 Å². The fraction of sp³-hybridized carbons (Fsp3) is 0.158. The van der Waals surface area contributed by atoms with Crippen LogP contribution in [0.2, 0.25) is 0 Å². The molecule has 0 spiro atoms. The van der Waals surface area contributed by atoms with Crippen molar-refractivity contribution in [3.63, 3.8) is 0 Å². The fourth-order valence-corrected chi connectivity index (χ4v) is 2.09. The lowest BCUT2D eigenvalue weighted by molar-refractivity contribution is -0.385. The number of amides is 1. The van der Waals surface area contributed by atoms with E-state index < -0.39 is 23.4 Å². The number of esters is 1. The van der Waals surface area contributed by atoms with Crippen molar-refractivity contribution in [2.24, 2.45) is 0 Å². The van der Waals surface area contributed by atoms with Gasteiger partial charge < -0.3 is 10.1 Å². The first kappa shape index (κ1) is 18.9. The number of nitro benzene ring substituents is 1. The Kier molecular flexibility index (Phi) is 6.61. The van der Waals surface area contributed by atoms with Gasteiger partial charge >= 0.3 is 5.97 Å². The molecule has 1 N–H and O–H groups in total. The van der Waals surface area contributed by atoms with Gasteiger partial charge in [0.1, 0.15) is 0 Å². The van der Waals surface area contributed by atoms with Crippen LogP contribution in [0.5, 0.6) is 0 Å². The van der Waals surface area contributed by atoms with Gasteiger partial charge in [-0.2, -0.15) is 0 Å². The Morgan fingerprint density at radius 2 is 1.85 bits per heavy atom. The third kappa shape index (κ3) is 5.86. The molecule has 0 saturated heterocycles. The van der Waals surface area contributed by atoms with Crippen LogP contribution >= 0.6 is 0 Å². The number of nitrogens with one attached hydrogen (secondary N) is 1. The molecule has 134 valence electrons. The summed E-state index contributed by atoms with van der Waals surface area (Å²) in [5, 5.41) is 13.5. The minimum atomic E-state index is -0.756. The van der Waals surface area contributed by atoms with Crippen molar-refractivity contribution in [2.75, 3.05) is 6.61 Å². The van der Waals surface area contributed by atoms with Gasteiger partial charge in [-0.25, -0.2) is 4.79 Å². The second kappa shape index (κ2) is 9.12. The molecule has 26 heavy (non-hydrogen) atoms. The highest BCUT2D eigenvalue weighted by atomic mass is 16.6. The first-order chi connectivity index (χ1) is 12.5. The van der Waals surface area contributed by atoms with Crippen molar-refractivity contribution in [1.82, 2.24) is 5.32 Å². The number of nitrogens with zero attached hydrogens (tertiary/aromatic N) is 1. The van der Waals surface area contributed by atoms with E-state index in [1.165, 1.54) is 24.3 Å². The number of benzene rings is 2. The summed E-state index contributed by atoms with van der Waals surface area (Å²) in [6.07, 6.45) is 2.33. The molecule has 2 aromatic carbocycles. The van der Waals surface area contributed by atoms with Crippen molar-refractivity contribution in [3.05, 3.63) is 81.4 Å². The summed E-state index contributed by atoms with van der Waals surface area (Å²) in [6, 6.07) is 13.7. The Balaban J connectivity index is 1.80. The quantitative estimate of drug-likeness (QED) is 0.357. The van der Waals surface area contributed by atoms with Crippen LogP contribution in [-0.2, 0) is 20.9 Å². The third-order valence-corrected chi connectivity index (χ3v) is 3.49. The van der Waals surface area contributed by atoms with Crippen LogP contribution in [0, 0.1) is 17.0 Å². The van der Waals surface area contributed by atoms with E-state index in [-0.39, 0.29) is 11.3 Å². The molecule has 0 unspecified atom stereocenters. The number of carbonyl (C=O) groups excluding carboxylic acids is 2. The summed E-state index contributed by atoms with van der Waals surface area (Å²) in [6.45, 7) is 1.88. The number of ether oxygens (including phenoxy) is 1. The molecule has 0 aliphatic heterocycles. The maximum atomic E-state index is 11.7. The van der Waals surface area contributed by atoms with Gasteiger partial charge in [-0.15, -0.1) is 0 Å². The maximum Gasteiger partial charge on any atom is 0.331 e. The van der Waals surface area contributed by atoms with Crippen LogP contribution in [0.4, 0.5) is 5.69 Å². The van der Waals surface area contributed by atoms with Gasteiger partial charge in [0.15, 0.2) is 6.61 Å². The number of nitro groups is 1. The average molecular weight is 354 g/mol. The van der Waals surface area contributed by atoms with Crippen LogP contribution in [0.3, 0.4) is 0 Å². The minimum Gasteiger partial charge on any atom is -0.452 e. The summed E-state index contributed by atoms with van der Waals surface area (Å²) in [7, 11) is 0. The van der Waals surface area contributed by atoms with Gasteiger partial charge in [0, 0.05) is 18.7 Å². The number of hydrogen-bond donors (Lipinski definition) is 1. The van der Waals surface area contributed by atoms with E-state index in [4.69, 9.17) is 4.74 Å². The largest absolute Gasteiger partial charge is 0.452 e. The minimum absolute atomic E-state index is 0.118. The summed E-state index contributed by atoms with van der Waals surface area (Å²) >= 11 is 0. The summed E-state index contributed by atoms with van der Waals surface area (Å²) in [4.78, 5) is 33.7. The van der Waals surface area contributed by atoms with E-state index in [1.54, 1.807) is 6.07 Å². The van der Waals surface area contributed by atoms with E-state index in [0.717, 1.165) is 17.2 Å². The number of carbonyl (C=O) groups is 2. The van der Waals surface area contributed by atoms with Gasteiger partial charge in [0.25, 0.3) is 11.6 Å². The van der Waals surface area contributed by atoms with Crippen LogP contribution < -0.4 is 5.32 Å². The highest BCUT2D eigenvalue weighted by Gasteiger charge is 2.10. The molecule has 2 aromatic rings. The lowest BCUT2D eigenvalue weighted by Crippen LogP contribution is -2.28. The number of aryl methyl sites for hydroxylation is 1. The lowest BCUT2D eigenvalue weighted by Gasteiger charge is -2.06. The maximum absolute atomic E-state index is 11.7. The molecule has 2 rings (SSSR count). The van der Waals surface area contributed by atoms with Crippen molar-refractivity contribution in [3.8, 4) is 0 Å². The van der Waals surface area contributed by atoms with Gasteiger partial charge in [-0.1, -0.05) is 42.0 Å². The Bertz CT molecular complexity index is 828. The van der Waals surface area contributed by atoms with Crippen molar-refractivity contribution < 1.29 is 19.2 Å². The summed E-state index contributed by atoms with van der Waals surface area (Å²) < 4.78 is 4.83. The van der Waals surface area contributed by atoms with Crippen LogP contribution in [-0.4, -0.2) is 23.4 Å². The molecule has 7 heteroatoms. The monoisotopic (exact) mass is 354 g/mol. The fourth-order valence-electron chi connectivity index (χ4n) is 2.09. The Morgan fingerprint density at radius 3 is 2.54 bits per heavy atom. The van der Waals surface area contributed by atoms with E-state index in [9.17, 15) is 19.7 Å². The molecular weight excluding hydrogens is 336 g/mol. The number of rotatable bonds is 7. The third-order valence-electron chi connectivity index (χ3n) is 3.49. The van der Waals surface area contributed by atoms with E-state index in [1.807, 2.05) is 31.2 Å². The average Bonchev–Trinajstić information content (AvgIpc) is 2.64. The van der Waals surface area contributed by atoms with Crippen LogP contribution in [0.1, 0.15) is 16.7 Å². The zero-order valence-corrected chi connectivity index (χ0v) is 14.2. The highest BCUT2D eigenvalue weighted by molar-refractivity contribution is 5.89. The molecule has 0 atom stereocenters. The first-order valence-corrected chi connectivity index (χ1v) is 7.86. The van der Waals surface area contributed by atoms with Crippen molar-refractivity contribution in [1.29, 1.82) is 0 Å². The zero-order valence-electron chi connectivity index (χ0n) is 14.2. The predicted molar refractivity (Wildman–Crippen MR) is 96.1 cm³/mol. The van der Waals surface area contributed by atoms with Gasteiger partial charge in [0.05, 0.1) is 10.5 Å². The normalized spacial score (nSPS) is 10.5. The second-order valence-electron chi connectivity index (χ2n) is 5.52. The summed E-state index contributed by atoms with van der Waals surface area (Å²) in [5.74, 6) is -1.19. The highest BCUT2D eigenvalue weighted by Crippen LogP contribution is 2.18. The smallest absolute Gasteiger partial charge is 0.331 e. The SMILES string of the molecule is Cc1ccc(CNC(=O)COC(=O)C=Cc2ccccc2[N+](=O)[O-])cc1. The van der Waals surface area contributed by atoms with Crippen molar-refractivity contribution >= 4 is 23.6 Å². The second-order valence-corrected chi connectivity index (χ2v) is 5.52. The Morgan fingerprint density at radius 1 is 1.15 bits per heavy atom. The van der Waals surface area contributed by atoms with Gasteiger partial charge in [-0.3, -0.25) is 14.9 Å². The molecule has 7 nitrogen and oxygen atoms in total. The standard InChI is InChI=1S/C19H18N2O5/c1-14-6-8-15(9-7-14)12-20-18(22)13-26-19(23)11-10-16-4-2-3-5-17(16)21(24)25/h2-11H,12-13H2,1H3,(H,20,22). The van der Waals surface area contributed by atoms with E-state index >= 15 is 0 Å². The molecule has 0 aliphatic rings.